The molecule has 0 bridgehead atoms. The zero-order chi connectivity index (χ0) is 17.8. The molecule has 0 atom stereocenters. The van der Waals surface area contributed by atoms with E-state index in [1.165, 1.54) is 10.8 Å². The molecule has 0 amide bonds. The number of fused-ring (bicyclic) bond motifs is 1. The summed E-state index contributed by atoms with van der Waals surface area (Å²) in [6, 6.07) is 14.6. The lowest BCUT2D eigenvalue weighted by Crippen LogP contribution is -2.34. The van der Waals surface area contributed by atoms with Crippen molar-refractivity contribution in [1.29, 1.82) is 0 Å². The highest BCUT2D eigenvalue weighted by molar-refractivity contribution is 5.83. The molecule has 0 spiro atoms. The predicted octanol–water partition coefficient (Wildman–Crippen LogP) is 3.76. The van der Waals surface area contributed by atoms with Crippen LogP contribution in [0.4, 0.5) is 0 Å². The smallest absolute Gasteiger partial charge is 0.320 e. The zero-order valence-electron chi connectivity index (χ0n) is 15.0. The lowest BCUT2D eigenvalue weighted by molar-refractivity contribution is -0.157. The minimum absolute atomic E-state index is 0.104. The molecule has 4 nitrogen and oxygen atoms in total. The van der Waals surface area contributed by atoms with Gasteiger partial charge in [0.2, 0.25) is 0 Å². The van der Waals surface area contributed by atoms with E-state index in [0.717, 1.165) is 5.56 Å². The van der Waals surface area contributed by atoms with Gasteiger partial charge in [-0.05, 0) is 50.1 Å². The molecule has 0 aliphatic heterocycles. The van der Waals surface area contributed by atoms with Crippen molar-refractivity contribution in [3.8, 4) is 0 Å². The molecule has 0 unspecified atom stereocenters. The third kappa shape index (κ3) is 4.79. The van der Waals surface area contributed by atoms with Gasteiger partial charge in [0.05, 0.1) is 18.8 Å². The fourth-order valence-corrected chi connectivity index (χ4v) is 2.60. The molecule has 0 saturated carbocycles. The molecule has 130 valence electrons. The van der Waals surface area contributed by atoms with E-state index in [-0.39, 0.29) is 6.54 Å². The van der Waals surface area contributed by atoms with Crippen molar-refractivity contribution >= 4 is 16.7 Å². The van der Waals surface area contributed by atoms with E-state index in [9.17, 15) is 4.79 Å². The topological polar surface area (TPSA) is 61.5 Å². The average molecular weight is 329 g/mol. The monoisotopic (exact) mass is 329 g/mol. The highest BCUT2D eigenvalue weighted by Gasteiger charge is 2.26. The first-order valence-corrected chi connectivity index (χ1v) is 8.29. The summed E-state index contributed by atoms with van der Waals surface area (Å²) < 4.78 is 11.4. The number of hydrogen-bond acceptors (Lipinski definition) is 4. The Bertz CT molecular complexity index is 707. The summed E-state index contributed by atoms with van der Waals surface area (Å²) in [5.41, 5.74) is 5.41. The molecule has 2 N–H and O–H groups in total. The summed E-state index contributed by atoms with van der Waals surface area (Å²) in [4.78, 5) is 11.3. The molecule has 0 heterocycles. The number of rotatable bonds is 7. The van der Waals surface area contributed by atoms with E-state index in [1.807, 2.05) is 26.0 Å². The first kappa shape index (κ1) is 18.4. The molecule has 0 saturated heterocycles. The van der Waals surface area contributed by atoms with Gasteiger partial charge >= 0.3 is 5.97 Å². The normalized spacial score (nSPS) is 12.4. The van der Waals surface area contributed by atoms with Gasteiger partial charge in [0.1, 0.15) is 5.60 Å². The standard InChI is InChI=1S/C20H27NO3/c1-19(2,24-18(22)14-21)11-12-23-20(3,4)17-10-9-15-7-5-6-8-16(15)13-17/h5-10,13H,11-12,14,21H2,1-4H3. The number of carbonyl (C=O) groups excluding carboxylic acids is 1. The second-order valence-corrected chi connectivity index (χ2v) is 7.11. The fourth-order valence-electron chi connectivity index (χ4n) is 2.60. The SMILES string of the molecule is CC(C)(CCOC(C)(C)c1ccc2ccccc2c1)OC(=O)CN. The van der Waals surface area contributed by atoms with Crippen LogP contribution in [0.25, 0.3) is 10.8 Å². The molecule has 4 heteroatoms. The molecule has 0 aliphatic carbocycles. The maximum Gasteiger partial charge on any atom is 0.320 e. The van der Waals surface area contributed by atoms with Crippen LogP contribution >= 0.6 is 0 Å². The second-order valence-electron chi connectivity index (χ2n) is 7.11. The third-order valence-electron chi connectivity index (χ3n) is 4.17. The molecular weight excluding hydrogens is 302 g/mol. The van der Waals surface area contributed by atoms with Gasteiger partial charge in [0.25, 0.3) is 0 Å². The highest BCUT2D eigenvalue weighted by atomic mass is 16.6. The van der Waals surface area contributed by atoms with E-state index < -0.39 is 17.2 Å². The average Bonchev–Trinajstić information content (AvgIpc) is 2.53. The van der Waals surface area contributed by atoms with Crippen LogP contribution < -0.4 is 5.73 Å². The van der Waals surface area contributed by atoms with Crippen LogP contribution in [-0.2, 0) is 19.9 Å². The second kappa shape index (κ2) is 7.32. The molecular formula is C20H27NO3. The van der Waals surface area contributed by atoms with E-state index in [2.05, 4.69) is 44.2 Å². The first-order valence-electron chi connectivity index (χ1n) is 8.29. The Morgan fingerprint density at radius 1 is 1.04 bits per heavy atom. The maximum atomic E-state index is 11.3. The molecule has 2 aromatic carbocycles. The lowest BCUT2D eigenvalue weighted by atomic mass is 9.95. The molecule has 0 radical (unpaired) electrons. The van der Waals surface area contributed by atoms with Gasteiger partial charge in [-0.3, -0.25) is 4.79 Å². The fraction of sp³-hybridized carbons (Fsp3) is 0.450. The molecule has 24 heavy (non-hydrogen) atoms. The Hall–Kier alpha value is -1.91. The minimum Gasteiger partial charge on any atom is -0.459 e. The largest absolute Gasteiger partial charge is 0.459 e. The highest BCUT2D eigenvalue weighted by Crippen LogP contribution is 2.29. The predicted molar refractivity (Wildman–Crippen MR) is 96.8 cm³/mol. The van der Waals surface area contributed by atoms with Gasteiger partial charge < -0.3 is 15.2 Å². The number of hydrogen-bond donors (Lipinski definition) is 1. The van der Waals surface area contributed by atoms with Crippen molar-refractivity contribution < 1.29 is 14.3 Å². The Morgan fingerprint density at radius 2 is 1.71 bits per heavy atom. The van der Waals surface area contributed by atoms with E-state index in [0.29, 0.717) is 13.0 Å². The van der Waals surface area contributed by atoms with Crippen molar-refractivity contribution in [3.05, 3.63) is 48.0 Å². The van der Waals surface area contributed by atoms with Crippen LogP contribution in [0.1, 0.15) is 39.7 Å². The summed E-state index contributed by atoms with van der Waals surface area (Å²) in [7, 11) is 0. The van der Waals surface area contributed by atoms with Crippen LogP contribution in [0.15, 0.2) is 42.5 Å². The van der Waals surface area contributed by atoms with Gasteiger partial charge in [0, 0.05) is 6.42 Å². The quantitative estimate of drug-likeness (QED) is 0.786. The number of nitrogens with two attached hydrogens (primary N) is 1. The summed E-state index contributed by atoms with van der Waals surface area (Å²) >= 11 is 0. The Balaban J connectivity index is 2.00. The van der Waals surface area contributed by atoms with Crippen LogP contribution in [0.2, 0.25) is 0 Å². The number of carbonyl (C=O) groups is 1. The Morgan fingerprint density at radius 3 is 2.38 bits per heavy atom. The van der Waals surface area contributed by atoms with Crippen LogP contribution in [0, 0.1) is 0 Å². The van der Waals surface area contributed by atoms with Gasteiger partial charge in [-0.15, -0.1) is 0 Å². The van der Waals surface area contributed by atoms with E-state index in [1.54, 1.807) is 0 Å². The van der Waals surface area contributed by atoms with Crippen molar-refractivity contribution in [1.82, 2.24) is 0 Å². The summed E-state index contributed by atoms with van der Waals surface area (Å²) in [5, 5.41) is 2.41. The third-order valence-corrected chi connectivity index (χ3v) is 4.17. The van der Waals surface area contributed by atoms with Crippen molar-refractivity contribution in [3.63, 3.8) is 0 Å². The Kier molecular flexibility index (Phi) is 5.62. The summed E-state index contributed by atoms with van der Waals surface area (Å²) in [6.45, 7) is 8.23. The Labute approximate surface area is 143 Å². The molecule has 0 aliphatic rings. The molecule has 2 aromatic rings. The van der Waals surface area contributed by atoms with Crippen molar-refractivity contribution in [2.24, 2.45) is 5.73 Å². The van der Waals surface area contributed by atoms with Gasteiger partial charge in [0.15, 0.2) is 0 Å². The molecule has 2 rings (SSSR count). The molecule has 0 fully saturated rings. The summed E-state index contributed by atoms with van der Waals surface area (Å²) in [6.07, 6.45) is 0.607. The van der Waals surface area contributed by atoms with Crippen molar-refractivity contribution in [2.45, 2.75) is 45.3 Å². The van der Waals surface area contributed by atoms with Crippen LogP contribution in [0.5, 0.6) is 0 Å². The van der Waals surface area contributed by atoms with Crippen LogP contribution in [-0.4, -0.2) is 24.7 Å². The maximum absolute atomic E-state index is 11.3. The number of esters is 1. The lowest BCUT2D eigenvalue weighted by Gasteiger charge is -2.30. The first-order chi connectivity index (χ1) is 11.2. The number of benzene rings is 2. The van der Waals surface area contributed by atoms with E-state index in [4.69, 9.17) is 15.2 Å². The van der Waals surface area contributed by atoms with Crippen LogP contribution in [0.3, 0.4) is 0 Å². The zero-order valence-corrected chi connectivity index (χ0v) is 15.0. The number of ether oxygens (including phenoxy) is 2. The summed E-state index contributed by atoms with van der Waals surface area (Å²) in [5.74, 6) is -0.395. The van der Waals surface area contributed by atoms with E-state index >= 15 is 0 Å². The van der Waals surface area contributed by atoms with Gasteiger partial charge in [-0.2, -0.15) is 0 Å². The van der Waals surface area contributed by atoms with Gasteiger partial charge in [-0.25, -0.2) is 0 Å². The minimum atomic E-state index is -0.587. The van der Waals surface area contributed by atoms with Gasteiger partial charge in [-0.1, -0.05) is 36.4 Å². The van der Waals surface area contributed by atoms with Crippen molar-refractivity contribution in [2.75, 3.05) is 13.2 Å². The molecule has 0 aromatic heterocycles.